The number of aromatic amines is 2. The average Bonchev–Trinajstić information content (AvgIpc) is 3.73. The van der Waals surface area contributed by atoms with E-state index in [-0.39, 0.29) is 0 Å². The molecule has 0 amide bonds. The van der Waals surface area contributed by atoms with Crippen LogP contribution in [-0.4, -0.2) is 39.9 Å². The van der Waals surface area contributed by atoms with E-state index in [9.17, 15) is 0 Å². The number of nitrogens with one attached hydrogen (secondary N) is 2. The minimum atomic E-state index is 0.580. The highest BCUT2D eigenvalue weighted by molar-refractivity contribution is 9.10. The Labute approximate surface area is 240 Å². The number of benzene rings is 4. The molecule has 0 unspecified atom stereocenters. The third-order valence-corrected chi connectivity index (χ3v) is 8.19. The molecule has 5 heterocycles. The van der Waals surface area contributed by atoms with Crippen molar-refractivity contribution in [2.45, 2.75) is 0 Å². The van der Waals surface area contributed by atoms with E-state index in [0.717, 1.165) is 48.3 Å². The molecule has 0 saturated carbocycles. The van der Waals surface area contributed by atoms with Crippen LogP contribution < -0.4 is 0 Å². The SMILES string of the molecule is Brc1cccc2c3nc4nc(nc5[nH]c(nc6nc(nc([nH]3)c12)-c1ccccc1-6)c1ccccc51)-c1ccccc1-4. The van der Waals surface area contributed by atoms with Crippen LogP contribution in [0.3, 0.4) is 0 Å². The Hall–Kier alpha value is -5.28. The summed E-state index contributed by atoms with van der Waals surface area (Å²) in [6.07, 6.45) is 0. The van der Waals surface area contributed by atoms with E-state index in [1.807, 2.05) is 91.0 Å². The maximum Gasteiger partial charge on any atom is 0.164 e. The first-order valence-electron chi connectivity index (χ1n) is 13.1. The summed E-state index contributed by atoms with van der Waals surface area (Å²) in [5.74, 6) is 2.34. The zero-order valence-electron chi connectivity index (χ0n) is 21.2. The molecule has 0 radical (unpaired) electrons. The van der Waals surface area contributed by atoms with Gasteiger partial charge in [-0.3, -0.25) is 0 Å². The van der Waals surface area contributed by atoms with E-state index in [0.29, 0.717) is 45.9 Å². The molecule has 41 heavy (non-hydrogen) atoms. The van der Waals surface area contributed by atoms with Gasteiger partial charge >= 0.3 is 0 Å². The summed E-state index contributed by atoms with van der Waals surface area (Å²) in [4.78, 5) is 36.9. The predicted octanol–water partition coefficient (Wildman–Crippen LogP) is 7.63. The summed E-state index contributed by atoms with van der Waals surface area (Å²) in [5.41, 5.74) is 6.34. The largest absolute Gasteiger partial charge is 0.324 e. The summed E-state index contributed by atoms with van der Waals surface area (Å²) in [5, 5.41) is 3.74. The van der Waals surface area contributed by atoms with Crippen LogP contribution in [0.4, 0.5) is 0 Å². The van der Waals surface area contributed by atoms with Crippen molar-refractivity contribution in [1.29, 1.82) is 0 Å². The smallest absolute Gasteiger partial charge is 0.164 e. The van der Waals surface area contributed by atoms with Crippen molar-refractivity contribution in [1.82, 2.24) is 39.9 Å². The van der Waals surface area contributed by atoms with Crippen LogP contribution in [0, 0.1) is 0 Å². The van der Waals surface area contributed by atoms with Gasteiger partial charge in [0.25, 0.3) is 0 Å². The van der Waals surface area contributed by atoms with Crippen LogP contribution in [0.2, 0.25) is 0 Å². The Kier molecular flexibility index (Phi) is 4.59. The van der Waals surface area contributed by atoms with Gasteiger partial charge in [-0.05, 0) is 6.07 Å². The molecule has 9 heteroatoms. The third kappa shape index (κ3) is 3.33. The summed E-state index contributed by atoms with van der Waals surface area (Å²) >= 11 is 3.73. The highest BCUT2D eigenvalue weighted by atomic mass is 79.9. The molecule has 8 bridgehead atoms. The van der Waals surface area contributed by atoms with Crippen molar-refractivity contribution >= 4 is 60.1 Å². The molecule has 0 spiro atoms. The fourth-order valence-electron chi connectivity index (χ4n) is 5.65. The second-order valence-corrected chi connectivity index (χ2v) is 10.8. The highest BCUT2D eigenvalue weighted by Gasteiger charge is 2.22. The van der Waals surface area contributed by atoms with E-state index in [1.54, 1.807) is 0 Å². The van der Waals surface area contributed by atoms with E-state index < -0.39 is 0 Å². The highest BCUT2D eigenvalue weighted by Crippen LogP contribution is 2.37. The van der Waals surface area contributed by atoms with Crippen LogP contribution in [-0.2, 0) is 0 Å². The van der Waals surface area contributed by atoms with Gasteiger partial charge in [0.05, 0.1) is 0 Å². The summed E-state index contributed by atoms with van der Waals surface area (Å²) in [7, 11) is 0. The first-order chi connectivity index (χ1) is 20.2. The lowest BCUT2D eigenvalue weighted by molar-refractivity contribution is 1.19. The van der Waals surface area contributed by atoms with Crippen molar-refractivity contribution in [3.63, 3.8) is 0 Å². The molecule has 7 aromatic rings. The maximum absolute atomic E-state index is 5.05. The van der Waals surface area contributed by atoms with Gasteiger partial charge in [-0.1, -0.05) is 101 Å². The number of H-pyrrole nitrogens is 2. The monoisotopic (exact) mass is 592 g/mol. The molecular weight excluding hydrogens is 576 g/mol. The van der Waals surface area contributed by atoms with Gasteiger partial charge in [0, 0.05) is 48.3 Å². The number of rotatable bonds is 0. The van der Waals surface area contributed by atoms with Crippen molar-refractivity contribution in [3.8, 4) is 45.6 Å². The van der Waals surface area contributed by atoms with Crippen molar-refractivity contribution in [3.05, 3.63) is 95.5 Å². The minimum absolute atomic E-state index is 0.580. The van der Waals surface area contributed by atoms with E-state index in [2.05, 4.69) is 25.9 Å². The summed E-state index contributed by atoms with van der Waals surface area (Å²) in [6, 6.07) is 30.1. The average molecular weight is 593 g/mol. The topological polar surface area (TPSA) is 109 Å². The zero-order valence-corrected chi connectivity index (χ0v) is 22.8. The van der Waals surface area contributed by atoms with Gasteiger partial charge in [0.2, 0.25) is 0 Å². The quantitative estimate of drug-likeness (QED) is 0.187. The van der Waals surface area contributed by atoms with Crippen molar-refractivity contribution in [2.24, 2.45) is 0 Å². The lowest BCUT2D eigenvalue weighted by atomic mass is 10.1. The molecule has 0 saturated heterocycles. The molecule has 0 aliphatic carbocycles. The molecule has 9 rings (SSSR count). The minimum Gasteiger partial charge on any atom is -0.324 e. The molecule has 3 aromatic heterocycles. The predicted molar refractivity (Wildman–Crippen MR) is 164 cm³/mol. The van der Waals surface area contributed by atoms with Crippen LogP contribution in [0.25, 0.3) is 89.7 Å². The van der Waals surface area contributed by atoms with Gasteiger partial charge in [-0.25, -0.2) is 29.9 Å². The van der Waals surface area contributed by atoms with E-state index >= 15 is 0 Å². The maximum atomic E-state index is 5.05. The Bertz CT molecular complexity index is 2400. The lowest BCUT2D eigenvalue weighted by Gasteiger charge is -1.96. The van der Waals surface area contributed by atoms with Gasteiger partial charge in [0.1, 0.15) is 22.6 Å². The molecule has 2 aliphatic heterocycles. The molecule has 192 valence electrons. The van der Waals surface area contributed by atoms with Crippen LogP contribution >= 0.6 is 15.9 Å². The molecular formula is C32H17BrN8. The van der Waals surface area contributed by atoms with E-state index in [4.69, 9.17) is 29.9 Å². The molecule has 2 N–H and O–H groups in total. The van der Waals surface area contributed by atoms with E-state index in [1.165, 1.54) is 0 Å². The number of hydrogen-bond acceptors (Lipinski definition) is 6. The molecule has 0 atom stereocenters. The Morgan fingerprint density at radius 2 is 0.780 bits per heavy atom. The number of fused-ring (bicyclic) bond motifs is 20. The Morgan fingerprint density at radius 1 is 0.390 bits per heavy atom. The van der Waals surface area contributed by atoms with Crippen LogP contribution in [0.1, 0.15) is 0 Å². The fourth-order valence-corrected chi connectivity index (χ4v) is 6.20. The molecule has 0 fully saturated rings. The normalized spacial score (nSPS) is 12.0. The number of nitrogens with zero attached hydrogens (tertiary/aromatic N) is 6. The number of aromatic nitrogens is 8. The number of hydrogen-bond donors (Lipinski definition) is 2. The van der Waals surface area contributed by atoms with Crippen molar-refractivity contribution in [2.75, 3.05) is 0 Å². The zero-order chi connectivity index (χ0) is 27.1. The summed E-state index contributed by atoms with van der Waals surface area (Å²) < 4.78 is 0.909. The molecule has 4 aromatic carbocycles. The first-order valence-corrected chi connectivity index (χ1v) is 13.9. The van der Waals surface area contributed by atoms with Crippen molar-refractivity contribution < 1.29 is 0 Å². The van der Waals surface area contributed by atoms with Gasteiger partial charge in [0.15, 0.2) is 23.3 Å². The van der Waals surface area contributed by atoms with Gasteiger partial charge in [-0.2, -0.15) is 0 Å². The second-order valence-electron chi connectivity index (χ2n) is 9.91. The second kappa shape index (κ2) is 8.36. The summed E-state index contributed by atoms with van der Waals surface area (Å²) in [6.45, 7) is 0. The standard InChI is InChI=1S/C32H17BrN8/c33-23-15-7-14-22-24(23)32-40-30-21-13-6-5-12-20(21)28(38-30)36-26-17-9-2-1-8-16(17)25(34-26)35-27-18-10-3-4-11-19(18)29(37-27)39-31(22)41-32/h1-15H,(H2,34,35,36,37,38,39,40,41). The van der Waals surface area contributed by atoms with Crippen LogP contribution in [0.5, 0.6) is 0 Å². The Morgan fingerprint density at radius 3 is 1.29 bits per heavy atom. The van der Waals surface area contributed by atoms with Gasteiger partial charge < -0.3 is 9.97 Å². The molecule has 8 nitrogen and oxygen atoms in total. The number of halogens is 1. The molecule has 2 aliphatic rings. The van der Waals surface area contributed by atoms with Crippen LogP contribution in [0.15, 0.2) is 95.5 Å². The first kappa shape index (κ1) is 22.5. The third-order valence-electron chi connectivity index (χ3n) is 7.53. The lowest BCUT2D eigenvalue weighted by Crippen LogP contribution is -1.83. The fraction of sp³-hybridized carbons (Fsp3) is 0. The Balaban J connectivity index is 1.52. The van der Waals surface area contributed by atoms with Gasteiger partial charge in [-0.15, -0.1) is 0 Å².